The predicted octanol–water partition coefficient (Wildman–Crippen LogP) is 3.45. The molecule has 3 nitrogen and oxygen atoms in total. The average Bonchev–Trinajstić information content (AvgIpc) is 2.59. The highest BCUT2D eigenvalue weighted by Crippen LogP contribution is 2.32. The van der Waals surface area contributed by atoms with E-state index in [9.17, 15) is 13.2 Å². The first-order valence-electron chi connectivity index (χ1n) is 4.19. The molecule has 0 amide bonds. The Hall–Kier alpha value is -1.37. The quantitative estimate of drug-likeness (QED) is 0.763. The van der Waals surface area contributed by atoms with E-state index in [-0.39, 0.29) is 16.8 Å². The van der Waals surface area contributed by atoms with E-state index in [1.165, 1.54) is 30.0 Å². The topological polar surface area (TPSA) is 35.3 Å². The summed E-state index contributed by atoms with van der Waals surface area (Å²) in [7, 11) is 0. The number of nitrogens with zero attached hydrogens (tertiary/aromatic N) is 1. The summed E-state index contributed by atoms with van der Waals surface area (Å²) in [4.78, 5) is 3.89. The second kappa shape index (κ2) is 3.89. The number of fused-ring (bicyclic) bond motifs is 1. The van der Waals surface area contributed by atoms with Gasteiger partial charge in [0.15, 0.2) is 16.8 Å². The summed E-state index contributed by atoms with van der Waals surface area (Å²) >= 11 is 1.21. The maximum absolute atomic E-state index is 12.1. The van der Waals surface area contributed by atoms with Gasteiger partial charge in [0.2, 0.25) is 0 Å². The zero-order chi connectivity index (χ0) is 11.8. The SMILES string of the molecule is CSc1nc2c(OC(F)(F)F)cccc2o1. The van der Waals surface area contributed by atoms with Gasteiger partial charge in [-0.25, -0.2) is 0 Å². The van der Waals surface area contributed by atoms with E-state index in [0.29, 0.717) is 5.22 Å². The number of hydrogen-bond donors (Lipinski definition) is 0. The second-order valence-electron chi connectivity index (χ2n) is 2.83. The predicted molar refractivity (Wildman–Crippen MR) is 52.5 cm³/mol. The maximum Gasteiger partial charge on any atom is 0.573 e. The van der Waals surface area contributed by atoms with Gasteiger partial charge in [0.05, 0.1) is 0 Å². The van der Waals surface area contributed by atoms with Crippen LogP contribution in [0.1, 0.15) is 0 Å². The molecule has 0 fully saturated rings. The number of benzene rings is 1. The molecule has 1 aromatic heterocycles. The van der Waals surface area contributed by atoms with Crippen molar-refractivity contribution in [3.63, 3.8) is 0 Å². The molecule has 86 valence electrons. The van der Waals surface area contributed by atoms with Gasteiger partial charge in [-0.2, -0.15) is 4.98 Å². The number of alkyl halides is 3. The lowest BCUT2D eigenvalue weighted by Gasteiger charge is -2.07. The molecular formula is C9H6F3NO2S. The van der Waals surface area contributed by atoms with E-state index in [1.807, 2.05) is 0 Å². The zero-order valence-corrected chi connectivity index (χ0v) is 8.85. The minimum atomic E-state index is -4.73. The van der Waals surface area contributed by atoms with Crippen molar-refractivity contribution >= 4 is 22.9 Å². The first-order chi connectivity index (χ1) is 7.49. The van der Waals surface area contributed by atoms with Crippen LogP contribution in [0.2, 0.25) is 0 Å². The minimum absolute atomic E-state index is 0.0733. The van der Waals surface area contributed by atoms with Crippen LogP contribution in [0, 0.1) is 0 Å². The molecule has 0 saturated heterocycles. The van der Waals surface area contributed by atoms with Crippen molar-refractivity contribution in [2.24, 2.45) is 0 Å². The Labute approximate surface area is 92.6 Å². The molecule has 0 spiro atoms. The van der Waals surface area contributed by atoms with Gasteiger partial charge in [0, 0.05) is 0 Å². The van der Waals surface area contributed by atoms with Crippen molar-refractivity contribution in [2.75, 3.05) is 6.26 Å². The van der Waals surface area contributed by atoms with Crippen molar-refractivity contribution in [2.45, 2.75) is 11.6 Å². The third kappa shape index (κ3) is 2.24. The Balaban J connectivity index is 2.48. The molecule has 16 heavy (non-hydrogen) atoms. The van der Waals surface area contributed by atoms with E-state index in [0.717, 1.165) is 0 Å². The Morgan fingerprint density at radius 1 is 1.38 bits per heavy atom. The largest absolute Gasteiger partial charge is 0.573 e. The number of para-hydroxylation sites is 1. The molecule has 0 bridgehead atoms. The molecule has 0 unspecified atom stereocenters. The van der Waals surface area contributed by atoms with E-state index in [4.69, 9.17) is 4.42 Å². The Kier molecular flexibility index (Phi) is 2.71. The second-order valence-corrected chi connectivity index (χ2v) is 3.59. The van der Waals surface area contributed by atoms with Gasteiger partial charge in [0.1, 0.15) is 0 Å². The van der Waals surface area contributed by atoms with Crippen LogP contribution in [0.15, 0.2) is 27.8 Å². The van der Waals surface area contributed by atoms with E-state index < -0.39 is 6.36 Å². The Bertz CT molecular complexity index is 509. The highest BCUT2D eigenvalue weighted by molar-refractivity contribution is 7.98. The van der Waals surface area contributed by atoms with E-state index in [1.54, 1.807) is 6.26 Å². The van der Waals surface area contributed by atoms with Gasteiger partial charge in [0.25, 0.3) is 5.22 Å². The van der Waals surface area contributed by atoms with Gasteiger partial charge in [-0.05, 0) is 18.4 Å². The van der Waals surface area contributed by atoms with Crippen LogP contribution in [0.3, 0.4) is 0 Å². The molecule has 1 heterocycles. The molecule has 7 heteroatoms. The summed E-state index contributed by atoms with van der Waals surface area (Å²) in [6.45, 7) is 0. The Morgan fingerprint density at radius 2 is 2.12 bits per heavy atom. The summed E-state index contributed by atoms with van der Waals surface area (Å²) in [6, 6.07) is 4.15. The van der Waals surface area contributed by atoms with E-state index in [2.05, 4.69) is 9.72 Å². The molecule has 0 aliphatic heterocycles. The van der Waals surface area contributed by atoms with Crippen LogP contribution in [0.4, 0.5) is 13.2 Å². The maximum atomic E-state index is 12.1. The lowest BCUT2D eigenvalue weighted by molar-refractivity contribution is -0.274. The number of rotatable bonds is 2. The molecule has 1 aromatic carbocycles. The van der Waals surface area contributed by atoms with Crippen LogP contribution >= 0.6 is 11.8 Å². The number of oxazole rings is 1. The summed E-state index contributed by atoms with van der Waals surface area (Å²) in [5, 5.41) is 0.299. The standard InChI is InChI=1S/C9H6F3NO2S/c1-16-8-13-7-5(14-8)3-2-4-6(7)15-9(10,11)12/h2-4H,1H3. The highest BCUT2D eigenvalue weighted by Gasteiger charge is 2.32. The zero-order valence-electron chi connectivity index (χ0n) is 8.04. The first kappa shape index (κ1) is 11.1. The summed E-state index contributed by atoms with van der Waals surface area (Å²) in [6.07, 6.45) is -3.01. The van der Waals surface area contributed by atoms with Gasteiger partial charge >= 0.3 is 6.36 Å². The van der Waals surface area contributed by atoms with Crippen molar-refractivity contribution in [3.05, 3.63) is 18.2 Å². The lowest BCUT2D eigenvalue weighted by Crippen LogP contribution is -2.17. The fraction of sp³-hybridized carbons (Fsp3) is 0.222. The molecule has 0 N–H and O–H groups in total. The molecular weight excluding hydrogens is 243 g/mol. The van der Waals surface area contributed by atoms with Crippen LogP contribution in [-0.4, -0.2) is 17.6 Å². The molecule has 2 aromatic rings. The minimum Gasteiger partial charge on any atom is -0.431 e. The van der Waals surface area contributed by atoms with Gasteiger partial charge in [-0.15, -0.1) is 13.2 Å². The van der Waals surface area contributed by atoms with Crippen LogP contribution < -0.4 is 4.74 Å². The molecule has 2 rings (SSSR count). The fourth-order valence-electron chi connectivity index (χ4n) is 1.20. The van der Waals surface area contributed by atoms with Crippen LogP contribution in [-0.2, 0) is 0 Å². The lowest BCUT2D eigenvalue weighted by atomic mass is 10.3. The van der Waals surface area contributed by atoms with E-state index >= 15 is 0 Å². The van der Waals surface area contributed by atoms with Crippen molar-refractivity contribution in [1.29, 1.82) is 0 Å². The van der Waals surface area contributed by atoms with Gasteiger partial charge in [-0.3, -0.25) is 0 Å². The number of ether oxygens (including phenoxy) is 1. The fourth-order valence-corrected chi connectivity index (χ4v) is 1.55. The van der Waals surface area contributed by atoms with Crippen LogP contribution in [0.25, 0.3) is 11.1 Å². The highest BCUT2D eigenvalue weighted by atomic mass is 32.2. The van der Waals surface area contributed by atoms with Crippen molar-refractivity contribution in [1.82, 2.24) is 4.98 Å². The molecule has 0 atom stereocenters. The third-order valence-electron chi connectivity index (χ3n) is 1.76. The Morgan fingerprint density at radius 3 is 2.75 bits per heavy atom. The molecule has 0 saturated carbocycles. The van der Waals surface area contributed by atoms with Crippen molar-refractivity contribution in [3.8, 4) is 5.75 Å². The van der Waals surface area contributed by atoms with Crippen molar-refractivity contribution < 1.29 is 22.3 Å². The average molecular weight is 249 g/mol. The number of hydrogen-bond acceptors (Lipinski definition) is 4. The normalized spacial score (nSPS) is 12.0. The number of halogens is 3. The number of aromatic nitrogens is 1. The molecule has 0 radical (unpaired) electrons. The third-order valence-corrected chi connectivity index (χ3v) is 2.29. The van der Waals surface area contributed by atoms with Gasteiger partial charge in [-0.1, -0.05) is 17.8 Å². The molecule has 0 aliphatic rings. The molecule has 0 aliphatic carbocycles. The van der Waals surface area contributed by atoms with Gasteiger partial charge < -0.3 is 9.15 Å². The number of thioether (sulfide) groups is 1. The monoisotopic (exact) mass is 249 g/mol. The summed E-state index contributed by atoms with van der Waals surface area (Å²) < 4.78 is 45.2. The first-order valence-corrected chi connectivity index (χ1v) is 5.41. The summed E-state index contributed by atoms with van der Waals surface area (Å²) in [5.74, 6) is -0.353. The smallest absolute Gasteiger partial charge is 0.431 e. The van der Waals surface area contributed by atoms with Crippen LogP contribution in [0.5, 0.6) is 5.75 Å². The summed E-state index contributed by atoms with van der Waals surface area (Å²) in [5.41, 5.74) is 0.343.